The molecule has 2 N–H and O–H groups in total. The summed E-state index contributed by atoms with van der Waals surface area (Å²) in [4.78, 5) is 15.4. The Balaban J connectivity index is 1.68. The zero-order valence-electron chi connectivity index (χ0n) is 11.9. The van der Waals surface area contributed by atoms with Crippen molar-refractivity contribution in [1.29, 1.82) is 0 Å². The first kappa shape index (κ1) is 14.0. The van der Waals surface area contributed by atoms with Crippen LogP contribution in [0.3, 0.4) is 0 Å². The average Bonchev–Trinajstić information content (AvgIpc) is 2.78. The number of carbonyl (C=O) groups excluding carboxylic acids is 1. The molecule has 1 aliphatic rings. The Morgan fingerprint density at radius 2 is 2.00 bits per heavy atom. The second kappa shape index (κ2) is 5.13. The van der Waals surface area contributed by atoms with Crippen LogP contribution in [-0.4, -0.2) is 16.8 Å². The number of alkyl halides is 2. The maximum atomic E-state index is 13.1. The van der Waals surface area contributed by atoms with E-state index in [4.69, 9.17) is 0 Å². The summed E-state index contributed by atoms with van der Waals surface area (Å²) in [6.45, 7) is 1.97. The topological polar surface area (TPSA) is 44.9 Å². The van der Waals surface area contributed by atoms with Crippen LogP contribution in [0.5, 0.6) is 0 Å². The van der Waals surface area contributed by atoms with Crippen molar-refractivity contribution >= 4 is 22.5 Å². The van der Waals surface area contributed by atoms with Crippen LogP contribution in [0.15, 0.2) is 24.3 Å². The Morgan fingerprint density at radius 1 is 1.29 bits per heavy atom. The number of rotatable bonds is 2. The highest BCUT2D eigenvalue weighted by Gasteiger charge is 2.37. The van der Waals surface area contributed by atoms with Crippen molar-refractivity contribution in [1.82, 2.24) is 4.98 Å². The molecule has 1 heterocycles. The summed E-state index contributed by atoms with van der Waals surface area (Å²) in [7, 11) is 0. The number of hydrogen-bond donors (Lipinski definition) is 2. The Morgan fingerprint density at radius 3 is 2.71 bits per heavy atom. The normalized spacial score (nSPS) is 18.8. The van der Waals surface area contributed by atoms with Gasteiger partial charge in [0.05, 0.1) is 0 Å². The molecule has 0 unspecified atom stereocenters. The number of aromatic amines is 1. The number of halogens is 2. The number of anilines is 1. The van der Waals surface area contributed by atoms with Crippen LogP contribution in [0.4, 0.5) is 14.5 Å². The molecule has 0 atom stereocenters. The van der Waals surface area contributed by atoms with E-state index >= 15 is 0 Å². The smallest absolute Gasteiger partial charge is 0.248 e. The van der Waals surface area contributed by atoms with Gasteiger partial charge in [-0.1, -0.05) is 0 Å². The van der Waals surface area contributed by atoms with E-state index < -0.39 is 5.92 Å². The Labute approximate surface area is 121 Å². The molecule has 0 radical (unpaired) electrons. The van der Waals surface area contributed by atoms with Crippen LogP contribution in [0.25, 0.3) is 10.9 Å². The molecule has 0 bridgehead atoms. The quantitative estimate of drug-likeness (QED) is 0.854. The summed E-state index contributed by atoms with van der Waals surface area (Å²) in [5, 5.41) is 3.87. The van der Waals surface area contributed by atoms with Gasteiger partial charge in [-0.05, 0) is 44.0 Å². The standard InChI is InChI=1S/C16H18F2N2O/c1-10-8-12-9-13(2-3-14(12)19-10)20-15(21)11-4-6-16(17,18)7-5-11/h2-3,8-9,11,19H,4-7H2,1H3,(H,20,21). The lowest BCUT2D eigenvalue weighted by molar-refractivity contribution is -0.124. The lowest BCUT2D eigenvalue weighted by Crippen LogP contribution is -2.31. The zero-order valence-corrected chi connectivity index (χ0v) is 11.9. The minimum absolute atomic E-state index is 0.155. The summed E-state index contributed by atoms with van der Waals surface area (Å²) in [5.74, 6) is -3.07. The summed E-state index contributed by atoms with van der Waals surface area (Å²) in [6.07, 6.45) is 0.122. The van der Waals surface area contributed by atoms with Crippen molar-refractivity contribution in [2.75, 3.05) is 5.32 Å². The number of aryl methyl sites for hydroxylation is 1. The molecule has 112 valence electrons. The maximum Gasteiger partial charge on any atom is 0.248 e. The molecule has 5 heteroatoms. The van der Waals surface area contributed by atoms with Crippen molar-refractivity contribution in [2.24, 2.45) is 5.92 Å². The van der Waals surface area contributed by atoms with Gasteiger partial charge in [-0.25, -0.2) is 8.78 Å². The van der Waals surface area contributed by atoms with Crippen LogP contribution >= 0.6 is 0 Å². The summed E-state index contributed by atoms with van der Waals surface area (Å²) >= 11 is 0. The van der Waals surface area contributed by atoms with Gasteiger partial charge in [-0.3, -0.25) is 4.79 Å². The minimum atomic E-state index is -2.60. The number of nitrogens with one attached hydrogen (secondary N) is 2. The van der Waals surface area contributed by atoms with Gasteiger partial charge < -0.3 is 10.3 Å². The molecule has 0 spiro atoms. The molecule has 1 saturated carbocycles. The maximum absolute atomic E-state index is 13.1. The number of hydrogen-bond acceptors (Lipinski definition) is 1. The van der Waals surface area contributed by atoms with Gasteiger partial charge >= 0.3 is 0 Å². The molecule has 0 aliphatic heterocycles. The highest BCUT2D eigenvalue weighted by atomic mass is 19.3. The predicted molar refractivity (Wildman–Crippen MR) is 78.6 cm³/mol. The fourth-order valence-corrected chi connectivity index (χ4v) is 2.90. The third-order valence-electron chi connectivity index (χ3n) is 4.11. The third-order valence-corrected chi connectivity index (χ3v) is 4.11. The van der Waals surface area contributed by atoms with Crippen molar-refractivity contribution in [3.8, 4) is 0 Å². The van der Waals surface area contributed by atoms with E-state index in [1.165, 1.54) is 0 Å². The van der Waals surface area contributed by atoms with Gasteiger partial charge in [0.1, 0.15) is 0 Å². The first-order valence-electron chi connectivity index (χ1n) is 7.21. The summed E-state index contributed by atoms with van der Waals surface area (Å²) < 4.78 is 26.2. The van der Waals surface area contributed by atoms with Crippen LogP contribution < -0.4 is 5.32 Å². The van der Waals surface area contributed by atoms with E-state index in [-0.39, 0.29) is 37.5 Å². The molecule has 1 aliphatic carbocycles. The molecule has 1 fully saturated rings. The number of amides is 1. The first-order chi connectivity index (χ1) is 9.93. The molecule has 1 aromatic heterocycles. The molecule has 1 amide bonds. The van der Waals surface area contributed by atoms with Crippen molar-refractivity contribution in [3.63, 3.8) is 0 Å². The van der Waals surface area contributed by atoms with E-state index in [0.717, 1.165) is 16.6 Å². The number of aromatic nitrogens is 1. The Kier molecular flexibility index (Phi) is 3.43. The fourth-order valence-electron chi connectivity index (χ4n) is 2.90. The van der Waals surface area contributed by atoms with Gasteiger partial charge in [0.25, 0.3) is 0 Å². The second-order valence-corrected chi connectivity index (χ2v) is 5.87. The Hall–Kier alpha value is -1.91. The van der Waals surface area contributed by atoms with Gasteiger partial charge in [0.15, 0.2) is 0 Å². The largest absolute Gasteiger partial charge is 0.359 e. The molecule has 3 rings (SSSR count). The van der Waals surface area contributed by atoms with E-state index in [2.05, 4.69) is 10.3 Å². The van der Waals surface area contributed by atoms with Gasteiger partial charge in [-0.15, -0.1) is 0 Å². The summed E-state index contributed by atoms with van der Waals surface area (Å²) in [6, 6.07) is 7.64. The van der Waals surface area contributed by atoms with Crippen LogP contribution in [0.2, 0.25) is 0 Å². The van der Waals surface area contributed by atoms with E-state index in [1.54, 1.807) is 0 Å². The third kappa shape index (κ3) is 3.06. The number of fused-ring (bicyclic) bond motifs is 1. The summed E-state index contributed by atoms with van der Waals surface area (Å²) in [5.41, 5.74) is 2.79. The van der Waals surface area contributed by atoms with E-state index in [0.29, 0.717) is 5.69 Å². The molecule has 2 aromatic rings. The van der Waals surface area contributed by atoms with Crippen LogP contribution in [0, 0.1) is 12.8 Å². The van der Waals surface area contributed by atoms with Crippen LogP contribution in [-0.2, 0) is 4.79 Å². The Bertz CT molecular complexity index is 668. The fraction of sp³-hybridized carbons (Fsp3) is 0.438. The second-order valence-electron chi connectivity index (χ2n) is 5.87. The average molecular weight is 292 g/mol. The van der Waals surface area contributed by atoms with Gasteiger partial charge in [-0.2, -0.15) is 0 Å². The lowest BCUT2D eigenvalue weighted by atomic mass is 9.86. The first-order valence-corrected chi connectivity index (χ1v) is 7.21. The molecule has 3 nitrogen and oxygen atoms in total. The van der Waals surface area contributed by atoms with Gasteiger partial charge in [0.2, 0.25) is 11.8 Å². The van der Waals surface area contributed by atoms with Crippen molar-refractivity contribution in [3.05, 3.63) is 30.0 Å². The van der Waals surface area contributed by atoms with Crippen LogP contribution in [0.1, 0.15) is 31.4 Å². The van der Waals surface area contributed by atoms with E-state index in [1.807, 2.05) is 31.2 Å². The molecular formula is C16H18F2N2O. The molecular weight excluding hydrogens is 274 g/mol. The lowest BCUT2D eigenvalue weighted by Gasteiger charge is -2.27. The van der Waals surface area contributed by atoms with Crippen molar-refractivity contribution in [2.45, 2.75) is 38.5 Å². The molecule has 0 saturated heterocycles. The van der Waals surface area contributed by atoms with Gasteiger partial charge in [0, 0.05) is 41.0 Å². The zero-order chi connectivity index (χ0) is 15.0. The number of benzene rings is 1. The number of H-pyrrole nitrogens is 1. The SMILES string of the molecule is Cc1cc2cc(NC(=O)C3CCC(F)(F)CC3)ccc2[nH]1. The number of carbonyl (C=O) groups is 1. The highest BCUT2D eigenvalue weighted by molar-refractivity contribution is 5.95. The monoisotopic (exact) mass is 292 g/mol. The molecule has 1 aromatic carbocycles. The van der Waals surface area contributed by atoms with Crippen molar-refractivity contribution < 1.29 is 13.6 Å². The molecule has 21 heavy (non-hydrogen) atoms. The minimum Gasteiger partial charge on any atom is -0.359 e. The van der Waals surface area contributed by atoms with E-state index in [9.17, 15) is 13.6 Å². The highest BCUT2D eigenvalue weighted by Crippen LogP contribution is 2.36. The predicted octanol–water partition coefficient (Wildman–Crippen LogP) is 4.24.